The first-order valence-electron chi connectivity index (χ1n) is 7.51. The van der Waals surface area contributed by atoms with E-state index in [1.807, 2.05) is 6.92 Å². The highest BCUT2D eigenvalue weighted by atomic mass is 35.5. The van der Waals surface area contributed by atoms with Gasteiger partial charge in [-0.25, -0.2) is 0 Å². The van der Waals surface area contributed by atoms with Gasteiger partial charge in [0.1, 0.15) is 0 Å². The zero-order valence-electron chi connectivity index (χ0n) is 13.1. The van der Waals surface area contributed by atoms with E-state index >= 15 is 0 Å². The highest BCUT2D eigenvalue weighted by molar-refractivity contribution is 5.95. The molecule has 0 atom stereocenters. The molecule has 22 heavy (non-hydrogen) atoms. The summed E-state index contributed by atoms with van der Waals surface area (Å²) < 4.78 is 10.7. The van der Waals surface area contributed by atoms with Crippen LogP contribution in [0.15, 0.2) is 18.2 Å². The Morgan fingerprint density at radius 1 is 1.27 bits per heavy atom. The van der Waals surface area contributed by atoms with Crippen LogP contribution in [-0.2, 0) is 0 Å². The Kier molecular flexibility index (Phi) is 7.48. The Hall–Kier alpha value is -1.46. The van der Waals surface area contributed by atoms with Crippen LogP contribution in [-0.4, -0.2) is 31.7 Å². The predicted octanol–water partition coefficient (Wildman–Crippen LogP) is 2.52. The van der Waals surface area contributed by atoms with Crippen molar-refractivity contribution in [3.05, 3.63) is 23.8 Å². The first kappa shape index (κ1) is 18.6. The topological polar surface area (TPSA) is 73.6 Å². The number of nitrogens with two attached hydrogens (primary N) is 1. The first-order chi connectivity index (χ1) is 10.1. The summed E-state index contributed by atoms with van der Waals surface area (Å²) in [7, 11) is 1.57. The molecule has 1 saturated carbocycles. The van der Waals surface area contributed by atoms with Gasteiger partial charge in [-0.05, 0) is 50.8 Å². The van der Waals surface area contributed by atoms with Gasteiger partial charge in [-0.3, -0.25) is 4.79 Å². The number of carbonyl (C=O) groups excluding carboxylic acids is 1. The van der Waals surface area contributed by atoms with E-state index in [0.29, 0.717) is 23.7 Å². The lowest BCUT2D eigenvalue weighted by molar-refractivity contribution is 0.0925. The number of methoxy groups -OCH3 is 1. The van der Waals surface area contributed by atoms with Crippen LogP contribution in [0, 0.1) is 0 Å². The van der Waals surface area contributed by atoms with E-state index in [2.05, 4.69) is 5.32 Å². The van der Waals surface area contributed by atoms with E-state index in [1.165, 1.54) is 0 Å². The summed E-state index contributed by atoms with van der Waals surface area (Å²) in [5.41, 5.74) is 6.47. The normalized spacial score (nSPS) is 20.7. The minimum Gasteiger partial charge on any atom is -0.493 e. The molecule has 0 aromatic heterocycles. The van der Waals surface area contributed by atoms with Crippen LogP contribution in [0.25, 0.3) is 0 Å². The van der Waals surface area contributed by atoms with Crippen LogP contribution in [0.4, 0.5) is 0 Å². The third kappa shape index (κ3) is 4.78. The van der Waals surface area contributed by atoms with Gasteiger partial charge in [0, 0.05) is 17.6 Å². The number of amides is 1. The third-order valence-electron chi connectivity index (χ3n) is 3.83. The lowest BCUT2D eigenvalue weighted by atomic mass is 9.91. The fraction of sp³-hybridized carbons (Fsp3) is 0.562. The second-order valence-corrected chi connectivity index (χ2v) is 5.38. The molecule has 5 nitrogen and oxygen atoms in total. The molecule has 0 heterocycles. The minimum atomic E-state index is -0.0724. The van der Waals surface area contributed by atoms with Gasteiger partial charge >= 0.3 is 0 Å². The maximum absolute atomic E-state index is 12.3. The van der Waals surface area contributed by atoms with E-state index in [1.54, 1.807) is 25.3 Å². The molecule has 0 saturated heterocycles. The summed E-state index contributed by atoms with van der Waals surface area (Å²) in [6, 6.07) is 5.75. The van der Waals surface area contributed by atoms with E-state index < -0.39 is 0 Å². The molecule has 0 radical (unpaired) electrons. The molecule has 1 aliphatic carbocycles. The maximum Gasteiger partial charge on any atom is 0.251 e. The van der Waals surface area contributed by atoms with E-state index in [9.17, 15) is 4.79 Å². The molecule has 1 aromatic rings. The van der Waals surface area contributed by atoms with Gasteiger partial charge < -0.3 is 20.5 Å². The fourth-order valence-corrected chi connectivity index (χ4v) is 2.62. The van der Waals surface area contributed by atoms with Crippen molar-refractivity contribution in [2.45, 2.75) is 44.7 Å². The number of carbonyl (C=O) groups is 1. The van der Waals surface area contributed by atoms with Crippen molar-refractivity contribution in [3.8, 4) is 11.5 Å². The van der Waals surface area contributed by atoms with Gasteiger partial charge in [0.2, 0.25) is 0 Å². The van der Waals surface area contributed by atoms with E-state index in [0.717, 1.165) is 25.7 Å². The van der Waals surface area contributed by atoms with Crippen LogP contribution in [0.2, 0.25) is 0 Å². The monoisotopic (exact) mass is 328 g/mol. The smallest absolute Gasteiger partial charge is 0.251 e. The van der Waals surface area contributed by atoms with Crippen molar-refractivity contribution in [1.82, 2.24) is 5.32 Å². The van der Waals surface area contributed by atoms with Crippen molar-refractivity contribution in [2.24, 2.45) is 5.73 Å². The van der Waals surface area contributed by atoms with Crippen molar-refractivity contribution in [2.75, 3.05) is 13.7 Å². The molecule has 0 spiro atoms. The Bertz CT molecular complexity index is 488. The summed E-state index contributed by atoms with van der Waals surface area (Å²) in [4.78, 5) is 12.3. The zero-order valence-corrected chi connectivity index (χ0v) is 13.9. The Morgan fingerprint density at radius 3 is 2.55 bits per heavy atom. The number of ether oxygens (including phenoxy) is 2. The zero-order chi connectivity index (χ0) is 15.2. The number of nitrogens with one attached hydrogen (secondary N) is 1. The van der Waals surface area contributed by atoms with Gasteiger partial charge in [-0.15, -0.1) is 12.4 Å². The van der Waals surface area contributed by atoms with Crippen molar-refractivity contribution >= 4 is 18.3 Å². The molecule has 1 aromatic carbocycles. The summed E-state index contributed by atoms with van der Waals surface area (Å²) in [5.74, 6) is 1.16. The molecule has 2 rings (SSSR count). The molecular weight excluding hydrogens is 304 g/mol. The lowest BCUT2D eigenvalue weighted by Gasteiger charge is -2.26. The SMILES string of the molecule is CCOc1ccc(C(=O)NC2CCC(N)CC2)cc1OC.Cl. The molecule has 0 unspecified atom stereocenters. The second-order valence-electron chi connectivity index (χ2n) is 5.38. The van der Waals surface area contributed by atoms with Crippen molar-refractivity contribution < 1.29 is 14.3 Å². The minimum absolute atomic E-state index is 0. The number of halogens is 1. The molecule has 1 fully saturated rings. The van der Waals surface area contributed by atoms with Crippen LogP contribution >= 0.6 is 12.4 Å². The Morgan fingerprint density at radius 2 is 1.95 bits per heavy atom. The third-order valence-corrected chi connectivity index (χ3v) is 3.83. The number of hydrogen-bond acceptors (Lipinski definition) is 4. The fourth-order valence-electron chi connectivity index (χ4n) is 2.62. The number of benzene rings is 1. The molecule has 6 heteroatoms. The summed E-state index contributed by atoms with van der Waals surface area (Å²) in [6.07, 6.45) is 3.83. The maximum atomic E-state index is 12.3. The summed E-state index contributed by atoms with van der Waals surface area (Å²) >= 11 is 0. The second kappa shape index (κ2) is 8.86. The lowest BCUT2D eigenvalue weighted by Crippen LogP contribution is -2.40. The molecule has 3 N–H and O–H groups in total. The van der Waals surface area contributed by atoms with Gasteiger partial charge in [-0.1, -0.05) is 0 Å². The predicted molar refractivity (Wildman–Crippen MR) is 89.1 cm³/mol. The molecule has 1 amide bonds. The van der Waals surface area contributed by atoms with Crippen molar-refractivity contribution in [1.29, 1.82) is 0 Å². The highest BCUT2D eigenvalue weighted by Crippen LogP contribution is 2.28. The first-order valence-corrected chi connectivity index (χ1v) is 7.51. The Balaban J connectivity index is 0.00000242. The van der Waals surface area contributed by atoms with Crippen molar-refractivity contribution in [3.63, 3.8) is 0 Å². The Labute approximate surface area is 138 Å². The standard InChI is InChI=1S/C16H24N2O3.ClH/c1-3-21-14-9-4-11(10-15(14)20-2)16(19)18-13-7-5-12(17)6-8-13;/h4,9-10,12-13H,3,5-8,17H2,1-2H3,(H,18,19);1H. The number of hydrogen-bond donors (Lipinski definition) is 2. The molecule has 0 bridgehead atoms. The molecule has 0 aliphatic heterocycles. The van der Waals surface area contributed by atoms with Crippen LogP contribution in [0.3, 0.4) is 0 Å². The van der Waals surface area contributed by atoms with Crippen LogP contribution < -0.4 is 20.5 Å². The van der Waals surface area contributed by atoms with E-state index in [-0.39, 0.29) is 30.4 Å². The number of rotatable bonds is 5. The summed E-state index contributed by atoms with van der Waals surface area (Å²) in [6.45, 7) is 2.47. The van der Waals surface area contributed by atoms with Crippen LogP contribution in [0.1, 0.15) is 43.0 Å². The largest absolute Gasteiger partial charge is 0.493 e. The van der Waals surface area contributed by atoms with Gasteiger partial charge in [0.15, 0.2) is 11.5 Å². The average molecular weight is 329 g/mol. The molecular formula is C16H25ClN2O3. The van der Waals surface area contributed by atoms with E-state index in [4.69, 9.17) is 15.2 Å². The van der Waals surface area contributed by atoms with Gasteiger partial charge in [0.05, 0.1) is 13.7 Å². The highest BCUT2D eigenvalue weighted by Gasteiger charge is 2.21. The van der Waals surface area contributed by atoms with Gasteiger partial charge in [-0.2, -0.15) is 0 Å². The van der Waals surface area contributed by atoms with Gasteiger partial charge in [0.25, 0.3) is 5.91 Å². The molecule has 124 valence electrons. The van der Waals surface area contributed by atoms with Crippen LogP contribution in [0.5, 0.6) is 11.5 Å². The quantitative estimate of drug-likeness (QED) is 0.871. The average Bonchev–Trinajstić information content (AvgIpc) is 2.50. The molecule has 1 aliphatic rings. The summed E-state index contributed by atoms with van der Waals surface area (Å²) in [5, 5.41) is 3.07.